The van der Waals surface area contributed by atoms with E-state index in [1.54, 1.807) is 12.1 Å². The molecule has 14 nitrogen and oxygen atoms in total. The Balaban J connectivity index is 1.69. The van der Waals surface area contributed by atoms with Crippen molar-refractivity contribution >= 4 is 30.1 Å². The summed E-state index contributed by atoms with van der Waals surface area (Å²) in [5.41, 5.74) is 1.55. The van der Waals surface area contributed by atoms with Crippen molar-refractivity contribution in [3.05, 3.63) is 71.8 Å². The molecule has 1 fully saturated rings. The van der Waals surface area contributed by atoms with Crippen molar-refractivity contribution < 1.29 is 57.1 Å². The van der Waals surface area contributed by atoms with Crippen LogP contribution in [0.15, 0.2) is 60.7 Å². The third-order valence-electron chi connectivity index (χ3n) is 7.23. The Kier molecular flexibility index (Phi) is 14.9. The number of hydrogen-bond donors (Lipinski definition) is 2. The van der Waals surface area contributed by atoms with Crippen LogP contribution < -0.4 is 10.6 Å². The molecular weight excluding hydrogens is 616 g/mol. The van der Waals surface area contributed by atoms with Crippen molar-refractivity contribution in [2.45, 2.75) is 89.4 Å². The molecule has 0 bridgehead atoms. The van der Waals surface area contributed by atoms with Gasteiger partial charge < -0.3 is 43.8 Å². The summed E-state index contributed by atoms with van der Waals surface area (Å²) in [6.45, 7) is 2.47. The van der Waals surface area contributed by atoms with Crippen molar-refractivity contribution in [2.24, 2.45) is 0 Å². The van der Waals surface area contributed by atoms with E-state index in [2.05, 4.69) is 10.6 Å². The Bertz CT molecular complexity index is 1310. The predicted molar refractivity (Wildman–Crippen MR) is 164 cm³/mol. The van der Waals surface area contributed by atoms with Gasteiger partial charge in [-0.3, -0.25) is 9.59 Å². The molecule has 47 heavy (non-hydrogen) atoms. The third-order valence-corrected chi connectivity index (χ3v) is 7.23. The molecule has 14 heteroatoms. The van der Waals surface area contributed by atoms with Gasteiger partial charge in [-0.1, -0.05) is 60.7 Å². The van der Waals surface area contributed by atoms with Crippen LogP contribution in [-0.2, 0) is 60.8 Å². The van der Waals surface area contributed by atoms with Crippen LogP contribution in [0.2, 0.25) is 0 Å². The minimum atomic E-state index is -1.09. The van der Waals surface area contributed by atoms with E-state index >= 15 is 0 Å². The average molecular weight is 659 g/mol. The zero-order chi connectivity index (χ0) is 34.2. The van der Waals surface area contributed by atoms with Crippen LogP contribution in [0.1, 0.15) is 50.7 Å². The summed E-state index contributed by atoms with van der Waals surface area (Å²) in [6.07, 6.45) is -4.56. The van der Waals surface area contributed by atoms with Crippen molar-refractivity contribution in [1.82, 2.24) is 10.6 Å². The van der Waals surface area contributed by atoms with Gasteiger partial charge in [-0.05, 0) is 36.8 Å². The summed E-state index contributed by atoms with van der Waals surface area (Å²) in [5, 5.41) is 5.34. The van der Waals surface area contributed by atoms with Crippen LogP contribution in [0.4, 0.5) is 9.59 Å². The molecule has 1 aliphatic heterocycles. The van der Waals surface area contributed by atoms with E-state index in [4.69, 9.17) is 33.2 Å². The molecule has 0 saturated carbocycles. The van der Waals surface area contributed by atoms with Gasteiger partial charge in [0, 0.05) is 27.0 Å². The van der Waals surface area contributed by atoms with Crippen molar-refractivity contribution in [2.75, 3.05) is 14.2 Å². The summed E-state index contributed by atoms with van der Waals surface area (Å²) in [6, 6.07) is 16.5. The fourth-order valence-corrected chi connectivity index (χ4v) is 5.02. The maximum absolute atomic E-state index is 12.8. The highest BCUT2D eigenvalue weighted by molar-refractivity contribution is 5.81. The lowest BCUT2D eigenvalue weighted by Gasteiger charge is -2.25. The minimum Gasteiger partial charge on any atom is -0.467 e. The first-order valence-corrected chi connectivity index (χ1v) is 15.1. The maximum Gasteiger partial charge on any atom is 0.408 e. The number of amides is 2. The summed E-state index contributed by atoms with van der Waals surface area (Å²) < 4.78 is 37.6. The topological polar surface area (TPSA) is 174 Å². The molecule has 3 rings (SSSR count). The molecule has 0 aliphatic carbocycles. The zero-order valence-electron chi connectivity index (χ0n) is 26.9. The molecule has 0 radical (unpaired) electrons. The van der Waals surface area contributed by atoms with Crippen LogP contribution in [0.3, 0.4) is 0 Å². The molecule has 1 aliphatic rings. The van der Waals surface area contributed by atoms with Crippen LogP contribution in [0.5, 0.6) is 0 Å². The number of esters is 3. The second kappa shape index (κ2) is 19.1. The van der Waals surface area contributed by atoms with E-state index in [-0.39, 0.29) is 38.9 Å². The first-order valence-electron chi connectivity index (χ1n) is 15.1. The molecule has 0 aromatic heterocycles. The number of methoxy groups -OCH3 is 2. The maximum atomic E-state index is 12.8. The van der Waals surface area contributed by atoms with Gasteiger partial charge >= 0.3 is 30.1 Å². The molecule has 2 unspecified atom stereocenters. The molecular formula is C33H42N2O12. The van der Waals surface area contributed by atoms with E-state index in [0.29, 0.717) is 0 Å². The van der Waals surface area contributed by atoms with E-state index in [1.807, 2.05) is 48.5 Å². The average Bonchev–Trinajstić information content (AvgIpc) is 3.38. The molecule has 2 N–H and O–H groups in total. The van der Waals surface area contributed by atoms with Crippen LogP contribution in [-0.4, -0.2) is 81.0 Å². The third kappa shape index (κ3) is 12.6. The van der Waals surface area contributed by atoms with Gasteiger partial charge in [-0.2, -0.15) is 0 Å². The lowest BCUT2D eigenvalue weighted by molar-refractivity contribution is -0.180. The minimum absolute atomic E-state index is 0.000302. The predicted octanol–water partition coefficient (Wildman–Crippen LogP) is 3.54. The molecule has 0 spiro atoms. The molecule has 2 aromatic carbocycles. The SMILES string of the molecule is COC(=O)C(CCC(CC[C@H]1O[C@@H](OC)[C@H](OC(C)=O)[C@@H]1OC(C)=O)NC(=O)OCc1ccccc1)NC(=O)OCc1ccccc1. The highest BCUT2D eigenvalue weighted by Gasteiger charge is 2.49. The van der Waals surface area contributed by atoms with Gasteiger partial charge in [0.15, 0.2) is 18.5 Å². The molecule has 1 heterocycles. The van der Waals surface area contributed by atoms with Gasteiger partial charge in [0.2, 0.25) is 0 Å². The molecule has 6 atom stereocenters. The van der Waals surface area contributed by atoms with Gasteiger partial charge in [-0.25, -0.2) is 14.4 Å². The number of carbonyl (C=O) groups excluding carboxylic acids is 5. The van der Waals surface area contributed by atoms with Crippen molar-refractivity contribution in [3.63, 3.8) is 0 Å². The number of nitrogens with one attached hydrogen (secondary N) is 2. The lowest BCUT2D eigenvalue weighted by Crippen LogP contribution is -2.44. The zero-order valence-corrected chi connectivity index (χ0v) is 26.9. The molecule has 2 amide bonds. The number of alkyl carbamates (subject to hydrolysis) is 2. The van der Waals surface area contributed by atoms with E-state index in [1.165, 1.54) is 28.1 Å². The molecule has 256 valence electrons. The first-order chi connectivity index (χ1) is 22.6. The highest BCUT2D eigenvalue weighted by atomic mass is 16.7. The van der Waals surface area contributed by atoms with Gasteiger partial charge in [0.05, 0.1) is 7.11 Å². The second-order valence-corrected chi connectivity index (χ2v) is 10.8. The first kappa shape index (κ1) is 36.8. The number of carbonyl (C=O) groups is 5. The number of benzene rings is 2. The van der Waals surface area contributed by atoms with Gasteiger partial charge in [-0.15, -0.1) is 0 Å². The fraction of sp³-hybridized carbons (Fsp3) is 0.485. The summed E-state index contributed by atoms with van der Waals surface area (Å²) in [4.78, 5) is 61.6. The van der Waals surface area contributed by atoms with Crippen molar-refractivity contribution in [3.8, 4) is 0 Å². The fourth-order valence-electron chi connectivity index (χ4n) is 5.02. The van der Waals surface area contributed by atoms with Crippen LogP contribution >= 0.6 is 0 Å². The number of hydrogen-bond acceptors (Lipinski definition) is 12. The monoisotopic (exact) mass is 658 g/mol. The quantitative estimate of drug-likeness (QED) is 0.199. The summed E-state index contributed by atoms with van der Waals surface area (Å²) in [7, 11) is 2.56. The van der Waals surface area contributed by atoms with Crippen LogP contribution in [0, 0.1) is 0 Å². The van der Waals surface area contributed by atoms with E-state index in [0.717, 1.165) is 11.1 Å². The van der Waals surface area contributed by atoms with E-state index in [9.17, 15) is 24.0 Å². The largest absolute Gasteiger partial charge is 0.467 e. The Morgan fingerprint density at radius 3 is 1.77 bits per heavy atom. The lowest BCUT2D eigenvalue weighted by atomic mass is 9.98. The Hall–Kier alpha value is -4.69. The van der Waals surface area contributed by atoms with Crippen LogP contribution in [0.25, 0.3) is 0 Å². The standard InChI is InChI=1S/C33H42N2O12/c1-21(36)45-28-27(47-31(42-4)29(28)46-22(2)37)18-16-25(34-32(39)43-19-23-11-7-5-8-12-23)15-17-26(30(38)41-3)35-33(40)44-20-24-13-9-6-10-14-24/h5-14,25-29,31H,15-20H2,1-4H3,(H,34,39)(H,35,40)/t25?,26?,27-,28-,29-,31-/m1/s1. The molecule has 2 aromatic rings. The number of ether oxygens (including phenoxy) is 7. The number of rotatable bonds is 16. The summed E-state index contributed by atoms with van der Waals surface area (Å²) >= 11 is 0. The normalized spacial score (nSPS) is 19.8. The van der Waals surface area contributed by atoms with Crippen molar-refractivity contribution in [1.29, 1.82) is 0 Å². The van der Waals surface area contributed by atoms with Gasteiger partial charge in [0.25, 0.3) is 0 Å². The Morgan fingerprint density at radius 1 is 0.723 bits per heavy atom. The Morgan fingerprint density at radius 2 is 1.26 bits per heavy atom. The highest BCUT2D eigenvalue weighted by Crippen LogP contribution is 2.31. The Labute approximate surface area is 273 Å². The summed E-state index contributed by atoms with van der Waals surface area (Å²) in [5.74, 6) is -1.92. The second-order valence-electron chi connectivity index (χ2n) is 10.8. The van der Waals surface area contributed by atoms with E-state index < -0.39 is 66.8 Å². The van der Waals surface area contributed by atoms with Gasteiger partial charge in [0.1, 0.15) is 25.4 Å². The molecule has 1 saturated heterocycles. The smallest absolute Gasteiger partial charge is 0.408 e.